The minimum Gasteiger partial charge on any atom is -0.454 e. The molecule has 0 fully saturated rings. The van der Waals surface area contributed by atoms with E-state index < -0.39 is 0 Å². The molecule has 0 radical (unpaired) electrons. The van der Waals surface area contributed by atoms with Gasteiger partial charge < -0.3 is 15.2 Å². The highest BCUT2D eigenvalue weighted by molar-refractivity contribution is 9.10. The van der Waals surface area contributed by atoms with Crippen molar-refractivity contribution in [3.63, 3.8) is 0 Å². The molecule has 6 heteroatoms. The molecule has 0 aliphatic carbocycles. The number of benzene rings is 1. The molecule has 0 aromatic heterocycles. The Balaban J connectivity index is 0.00000128. The molecule has 0 spiro atoms. The maximum atomic E-state index is 8.58. The van der Waals surface area contributed by atoms with Crippen molar-refractivity contribution in [2.24, 2.45) is 5.73 Å². The van der Waals surface area contributed by atoms with Crippen molar-refractivity contribution in [3.8, 4) is 17.6 Å². The van der Waals surface area contributed by atoms with Gasteiger partial charge in [0.1, 0.15) is 0 Å². The summed E-state index contributed by atoms with van der Waals surface area (Å²) in [5.74, 6) is 1.39. The van der Waals surface area contributed by atoms with Gasteiger partial charge in [0.15, 0.2) is 11.5 Å². The molecule has 1 aliphatic rings. The number of hydrogen-bond acceptors (Lipinski definition) is 4. The zero-order chi connectivity index (χ0) is 10.8. The van der Waals surface area contributed by atoms with E-state index in [1.54, 1.807) is 0 Å². The number of nitriles is 1. The van der Waals surface area contributed by atoms with Crippen LogP contribution in [-0.4, -0.2) is 6.79 Å². The summed E-state index contributed by atoms with van der Waals surface area (Å²) in [4.78, 5) is 0. The average molecular weight is 306 g/mol. The molecule has 1 heterocycles. The molecular weight excluding hydrogens is 295 g/mol. The van der Waals surface area contributed by atoms with Crippen molar-refractivity contribution in [1.29, 1.82) is 5.26 Å². The van der Waals surface area contributed by atoms with E-state index in [0.717, 1.165) is 10.0 Å². The van der Waals surface area contributed by atoms with Gasteiger partial charge in [-0.25, -0.2) is 0 Å². The molecule has 1 aliphatic heterocycles. The first-order valence-corrected chi connectivity index (χ1v) is 5.23. The summed E-state index contributed by atoms with van der Waals surface area (Å²) in [6.45, 7) is 0.235. The zero-order valence-electron chi connectivity index (χ0n) is 8.27. The van der Waals surface area contributed by atoms with Crippen LogP contribution >= 0.6 is 28.3 Å². The van der Waals surface area contributed by atoms with Gasteiger partial charge >= 0.3 is 0 Å². The number of halogens is 2. The van der Waals surface area contributed by atoms with E-state index in [9.17, 15) is 0 Å². The molecule has 1 atom stereocenters. The van der Waals surface area contributed by atoms with Crippen LogP contribution in [0.3, 0.4) is 0 Å². The van der Waals surface area contributed by atoms with Crippen LogP contribution in [0.4, 0.5) is 0 Å². The van der Waals surface area contributed by atoms with Gasteiger partial charge in [-0.1, -0.05) is 15.9 Å². The standard InChI is InChI=1S/C10H9BrN2O2.ClH/c11-7-4-10-9(14-5-15-10)3-6(7)8(13)1-2-12;/h3-4,8H,1,5,13H2;1H/t8-;/m1./s1. The Morgan fingerprint density at radius 3 is 2.69 bits per heavy atom. The van der Waals surface area contributed by atoms with Crippen LogP contribution in [0.5, 0.6) is 11.5 Å². The maximum Gasteiger partial charge on any atom is 0.231 e. The van der Waals surface area contributed by atoms with Gasteiger partial charge in [0.05, 0.1) is 12.5 Å². The molecule has 2 rings (SSSR count). The first-order valence-electron chi connectivity index (χ1n) is 4.44. The van der Waals surface area contributed by atoms with E-state index in [-0.39, 0.29) is 31.7 Å². The Labute approximate surface area is 108 Å². The zero-order valence-corrected chi connectivity index (χ0v) is 10.7. The first kappa shape index (κ1) is 13.1. The molecular formula is C10H10BrClN2O2. The summed E-state index contributed by atoms with van der Waals surface area (Å²) >= 11 is 3.40. The van der Waals surface area contributed by atoms with Crippen molar-refractivity contribution >= 4 is 28.3 Å². The van der Waals surface area contributed by atoms with Gasteiger partial charge in [-0.3, -0.25) is 0 Å². The van der Waals surface area contributed by atoms with Crippen LogP contribution < -0.4 is 15.2 Å². The predicted octanol–water partition coefficient (Wildman–Crippen LogP) is 2.51. The van der Waals surface area contributed by atoms with E-state index in [4.69, 9.17) is 20.5 Å². The Kier molecular flexibility index (Phi) is 4.42. The Morgan fingerprint density at radius 2 is 2.06 bits per heavy atom. The van der Waals surface area contributed by atoms with Crippen molar-refractivity contribution < 1.29 is 9.47 Å². The Hall–Kier alpha value is -0.960. The minimum atomic E-state index is -0.307. The van der Waals surface area contributed by atoms with Crippen LogP contribution in [0, 0.1) is 11.3 Å². The van der Waals surface area contributed by atoms with Crippen molar-refractivity contribution in [2.75, 3.05) is 6.79 Å². The molecule has 0 saturated heterocycles. The van der Waals surface area contributed by atoms with Crippen LogP contribution in [-0.2, 0) is 0 Å². The number of ether oxygens (including phenoxy) is 2. The Bertz CT molecular complexity index is 434. The van der Waals surface area contributed by atoms with E-state index in [1.807, 2.05) is 18.2 Å². The third kappa shape index (κ3) is 2.40. The summed E-state index contributed by atoms with van der Waals surface area (Å²) < 4.78 is 11.3. The second kappa shape index (κ2) is 5.39. The molecule has 0 amide bonds. The summed E-state index contributed by atoms with van der Waals surface area (Å²) in [6, 6.07) is 5.36. The maximum absolute atomic E-state index is 8.58. The molecule has 86 valence electrons. The Morgan fingerprint density at radius 1 is 1.44 bits per heavy atom. The highest BCUT2D eigenvalue weighted by Gasteiger charge is 2.19. The smallest absolute Gasteiger partial charge is 0.231 e. The molecule has 4 nitrogen and oxygen atoms in total. The number of nitrogens with two attached hydrogens (primary N) is 1. The fourth-order valence-electron chi connectivity index (χ4n) is 1.43. The molecule has 16 heavy (non-hydrogen) atoms. The van der Waals surface area contributed by atoms with E-state index >= 15 is 0 Å². The normalized spacial score (nSPS) is 13.8. The predicted molar refractivity (Wildman–Crippen MR) is 64.7 cm³/mol. The lowest BCUT2D eigenvalue weighted by Crippen LogP contribution is -2.09. The average Bonchev–Trinajstić information content (AvgIpc) is 2.63. The molecule has 1 aromatic rings. The van der Waals surface area contributed by atoms with Gasteiger partial charge in [0.2, 0.25) is 6.79 Å². The molecule has 2 N–H and O–H groups in total. The second-order valence-corrected chi connectivity index (χ2v) is 4.05. The van der Waals surface area contributed by atoms with Crippen molar-refractivity contribution in [3.05, 3.63) is 22.2 Å². The fourth-order valence-corrected chi connectivity index (χ4v) is 2.04. The fraction of sp³-hybridized carbons (Fsp3) is 0.300. The number of fused-ring (bicyclic) bond motifs is 1. The lowest BCUT2D eigenvalue weighted by Gasteiger charge is -2.11. The van der Waals surface area contributed by atoms with Crippen LogP contribution in [0.15, 0.2) is 16.6 Å². The number of hydrogen-bond donors (Lipinski definition) is 1. The van der Waals surface area contributed by atoms with Gasteiger partial charge in [0, 0.05) is 10.5 Å². The van der Waals surface area contributed by atoms with Gasteiger partial charge in [-0.05, 0) is 17.7 Å². The van der Waals surface area contributed by atoms with Gasteiger partial charge in [0.25, 0.3) is 0 Å². The van der Waals surface area contributed by atoms with Crippen molar-refractivity contribution in [1.82, 2.24) is 0 Å². The third-order valence-corrected chi connectivity index (χ3v) is 2.89. The van der Waals surface area contributed by atoms with E-state index in [1.165, 1.54) is 0 Å². The molecule has 1 aromatic carbocycles. The van der Waals surface area contributed by atoms with Gasteiger partial charge in [-0.2, -0.15) is 5.26 Å². The summed E-state index contributed by atoms with van der Waals surface area (Å²) in [5.41, 5.74) is 6.71. The molecule has 0 unspecified atom stereocenters. The van der Waals surface area contributed by atoms with E-state index in [0.29, 0.717) is 11.5 Å². The van der Waals surface area contributed by atoms with E-state index in [2.05, 4.69) is 15.9 Å². The van der Waals surface area contributed by atoms with Crippen molar-refractivity contribution in [2.45, 2.75) is 12.5 Å². The lowest BCUT2D eigenvalue weighted by molar-refractivity contribution is 0.174. The lowest BCUT2D eigenvalue weighted by atomic mass is 10.0. The van der Waals surface area contributed by atoms with Gasteiger partial charge in [-0.15, -0.1) is 12.4 Å². The number of rotatable bonds is 2. The highest BCUT2D eigenvalue weighted by Crippen LogP contribution is 2.38. The summed E-state index contributed by atoms with van der Waals surface area (Å²) in [5, 5.41) is 8.58. The second-order valence-electron chi connectivity index (χ2n) is 3.20. The molecule has 0 saturated carbocycles. The van der Waals surface area contributed by atoms with Crippen LogP contribution in [0.25, 0.3) is 0 Å². The topological polar surface area (TPSA) is 68.3 Å². The van der Waals surface area contributed by atoms with Crippen LogP contribution in [0.1, 0.15) is 18.0 Å². The quantitative estimate of drug-likeness (QED) is 0.911. The largest absolute Gasteiger partial charge is 0.454 e. The number of nitrogens with zero attached hydrogens (tertiary/aromatic N) is 1. The monoisotopic (exact) mass is 304 g/mol. The molecule has 0 bridgehead atoms. The summed E-state index contributed by atoms with van der Waals surface area (Å²) in [7, 11) is 0. The highest BCUT2D eigenvalue weighted by atomic mass is 79.9. The van der Waals surface area contributed by atoms with Crippen LogP contribution in [0.2, 0.25) is 0 Å². The summed E-state index contributed by atoms with van der Waals surface area (Å²) in [6.07, 6.45) is 0.276. The third-order valence-electron chi connectivity index (χ3n) is 2.20. The first-order chi connectivity index (χ1) is 7.22. The SMILES string of the molecule is Cl.N#CC[C@@H](N)c1cc2c(cc1Br)OCO2. The minimum absolute atomic E-state index is 0.